The van der Waals surface area contributed by atoms with Gasteiger partial charge in [0.2, 0.25) is 5.91 Å². The van der Waals surface area contributed by atoms with E-state index < -0.39 is 0 Å². The molecular weight excluding hydrogens is 501 g/mol. The summed E-state index contributed by atoms with van der Waals surface area (Å²) in [6.45, 7) is 4.63. The van der Waals surface area contributed by atoms with Gasteiger partial charge in [-0.1, -0.05) is 30.3 Å². The van der Waals surface area contributed by atoms with Crippen molar-refractivity contribution in [3.8, 4) is 0 Å². The normalized spacial score (nSPS) is 18.8. The number of rotatable bonds is 6. The predicted octanol–water partition coefficient (Wildman–Crippen LogP) is 3.62. The lowest BCUT2D eigenvalue weighted by molar-refractivity contribution is -0.117. The summed E-state index contributed by atoms with van der Waals surface area (Å²) in [4.78, 5) is 20.6. The maximum absolute atomic E-state index is 11.9. The first-order valence-electron chi connectivity index (χ1n) is 10.9. The lowest BCUT2D eigenvalue weighted by Gasteiger charge is -2.19. The monoisotopic (exact) mass is 533 g/mol. The van der Waals surface area contributed by atoms with E-state index in [1.54, 1.807) is 0 Å². The van der Waals surface area contributed by atoms with E-state index in [4.69, 9.17) is 0 Å². The van der Waals surface area contributed by atoms with Gasteiger partial charge in [-0.2, -0.15) is 0 Å². The van der Waals surface area contributed by atoms with Crippen molar-refractivity contribution in [2.45, 2.75) is 25.8 Å². The molecule has 7 heteroatoms. The Bertz CT molecular complexity index is 871. The van der Waals surface area contributed by atoms with Crippen LogP contribution in [0, 0.1) is 5.92 Å². The minimum Gasteiger partial charge on any atom is -0.371 e. The highest BCUT2D eigenvalue weighted by molar-refractivity contribution is 14.0. The second-order valence-electron chi connectivity index (χ2n) is 8.06. The minimum absolute atomic E-state index is 0. The molecule has 31 heavy (non-hydrogen) atoms. The van der Waals surface area contributed by atoms with Gasteiger partial charge in [-0.3, -0.25) is 9.79 Å². The van der Waals surface area contributed by atoms with E-state index in [1.807, 2.05) is 24.1 Å². The van der Waals surface area contributed by atoms with Crippen LogP contribution in [0.3, 0.4) is 0 Å². The number of anilines is 2. The molecule has 0 aliphatic carbocycles. The Balaban J connectivity index is 0.00000272. The summed E-state index contributed by atoms with van der Waals surface area (Å²) in [5, 5.41) is 6.87. The Morgan fingerprint density at radius 1 is 1.03 bits per heavy atom. The van der Waals surface area contributed by atoms with Gasteiger partial charge >= 0.3 is 0 Å². The van der Waals surface area contributed by atoms with Gasteiger partial charge in [-0.05, 0) is 48.6 Å². The fourth-order valence-electron chi connectivity index (χ4n) is 4.23. The second kappa shape index (κ2) is 11.4. The van der Waals surface area contributed by atoms with Gasteiger partial charge in [0.15, 0.2) is 5.96 Å². The topological polar surface area (TPSA) is 60.0 Å². The van der Waals surface area contributed by atoms with Gasteiger partial charge in [0.25, 0.3) is 0 Å². The molecular formula is C24H32IN5O. The fraction of sp³-hybridized carbons (Fsp3) is 0.417. The predicted molar refractivity (Wildman–Crippen MR) is 138 cm³/mol. The molecule has 2 aromatic rings. The zero-order valence-electron chi connectivity index (χ0n) is 18.1. The number of nitrogens with zero attached hydrogens (tertiary/aromatic N) is 3. The number of aliphatic imine (C=N–C) groups is 1. The molecule has 6 nitrogen and oxygen atoms in total. The summed E-state index contributed by atoms with van der Waals surface area (Å²) in [7, 11) is 1.81. The lowest BCUT2D eigenvalue weighted by atomic mass is 10.1. The molecule has 0 saturated carbocycles. The number of hydrogen-bond acceptors (Lipinski definition) is 3. The van der Waals surface area contributed by atoms with Crippen LogP contribution in [-0.2, 0) is 11.3 Å². The summed E-state index contributed by atoms with van der Waals surface area (Å²) >= 11 is 0. The second-order valence-corrected chi connectivity index (χ2v) is 8.06. The van der Waals surface area contributed by atoms with Crippen LogP contribution in [-0.4, -0.2) is 45.1 Å². The third kappa shape index (κ3) is 6.12. The van der Waals surface area contributed by atoms with Gasteiger partial charge in [0, 0.05) is 57.6 Å². The van der Waals surface area contributed by atoms with E-state index in [1.165, 1.54) is 17.7 Å². The molecule has 2 aliphatic rings. The molecule has 0 bridgehead atoms. The molecule has 0 aromatic heterocycles. The first kappa shape index (κ1) is 23.4. The standard InChI is InChI=1S/C24H31N5O.HI/c1-25-24(27-17-20-13-15-28(18-20)21-6-3-2-4-7-21)26-16-19-9-11-22(12-10-19)29-14-5-8-23(29)30;/h2-4,6-7,9-12,20H,5,8,13-18H2,1H3,(H2,25,26,27);1H. The fourth-order valence-corrected chi connectivity index (χ4v) is 4.23. The number of carbonyl (C=O) groups excluding carboxylic acids is 1. The van der Waals surface area contributed by atoms with Crippen LogP contribution in [0.2, 0.25) is 0 Å². The Morgan fingerprint density at radius 3 is 2.48 bits per heavy atom. The molecule has 2 saturated heterocycles. The van der Waals surface area contributed by atoms with E-state index in [-0.39, 0.29) is 29.9 Å². The molecule has 1 unspecified atom stereocenters. The summed E-state index contributed by atoms with van der Waals surface area (Å²) in [5.41, 5.74) is 3.47. The highest BCUT2D eigenvalue weighted by Gasteiger charge is 2.23. The molecule has 1 amide bonds. The summed E-state index contributed by atoms with van der Waals surface area (Å²) in [5.74, 6) is 1.66. The lowest BCUT2D eigenvalue weighted by Crippen LogP contribution is -2.39. The molecule has 0 spiro atoms. The smallest absolute Gasteiger partial charge is 0.227 e. The third-order valence-corrected chi connectivity index (χ3v) is 5.97. The zero-order valence-corrected chi connectivity index (χ0v) is 20.4. The van der Waals surface area contributed by atoms with Crippen LogP contribution >= 0.6 is 24.0 Å². The first-order chi connectivity index (χ1) is 14.7. The average Bonchev–Trinajstić information content (AvgIpc) is 3.44. The van der Waals surface area contributed by atoms with E-state index in [0.717, 1.165) is 44.2 Å². The molecule has 4 rings (SSSR count). The Kier molecular flexibility index (Phi) is 8.57. The Hall–Kier alpha value is -2.29. The van der Waals surface area contributed by atoms with Crippen LogP contribution in [0.4, 0.5) is 11.4 Å². The van der Waals surface area contributed by atoms with E-state index in [9.17, 15) is 4.79 Å². The molecule has 2 fully saturated rings. The number of benzene rings is 2. The molecule has 0 radical (unpaired) electrons. The highest BCUT2D eigenvalue weighted by Crippen LogP contribution is 2.23. The molecule has 2 N–H and O–H groups in total. The van der Waals surface area contributed by atoms with E-state index >= 15 is 0 Å². The SMILES string of the molecule is CN=C(NCc1ccc(N2CCCC2=O)cc1)NCC1CCN(c2ccccc2)C1.I. The van der Waals surface area contributed by atoms with Crippen LogP contribution in [0.1, 0.15) is 24.8 Å². The van der Waals surface area contributed by atoms with Crippen molar-refractivity contribution in [3.05, 3.63) is 60.2 Å². The number of halogens is 1. The van der Waals surface area contributed by atoms with Crippen molar-refractivity contribution in [2.24, 2.45) is 10.9 Å². The number of para-hydroxylation sites is 1. The first-order valence-corrected chi connectivity index (χ1v) is 10.9. The van der Waals surface area contributed by atoms with Crippen molar-refractivity contribution in [3.63, 3.8) is 0 Å². The number of amides is 1. The van der Waals surface area contributed by atoms with E-state index in [2.05, 4.69) is 63.0 Å². The summed E-state index contributed by atoms with van der Waals surface area (Å²) < 4.78 is 0. The van der Waals surface area contributed by atoms with Gasteiger partial charge in [0.1, 0.15) is 0 Å². The van der Waals surface area contributed by atoms with Crippen molar-refractivity contribution in [1.82, 2.24) is 10.6 Å². The van der Waals surface area contributed by atoms with Crippen molar-refractivity contribution in [1.29, 1.82) is 0 Å². The van der Waals surface area contributed by atoms with Gasteiger partial charge in [-0.15, -0.1) is 24.0 Å². The average molecular weight is 533 g/mol. The number of carbonyl (C=O) groups is 1. The number of hydrogen-bond donors (Lipinski definition) is 2. The van der Waals surface area contributed by atoms with Crippen LogP contribution in [0.5, 0.6) is 0 Å². The minimum atomic E-state index is 0. The molecule has 2 aliphatic heterocycles. The summed E-state index contributed by atoms with van der Waals surface area (Å²) in [6, 6.07) is 18.9. The van der Waals surface area contributed by atoms with Crippen molar-refractivity contribution < 1.29 is 4.79 Å². The molecule has 166 valence electrons. The molecule has 1 atom stereocenters. The van der Waals surface area contributed by atoms with E-state index in [0.29, 0.717) is 18.9 Å². The van der Waals surface area contributed by atoms with Crippen molar-refractivity contribution in [2.75, 3.05) is 43.0 Å². The quantitative estimate of drug-likeness (QED) is 0.339. The molecule has 2 heterocycles. The highest BCUT2D eigenvalue weighted by atomic mass is 127. The Labute approximate surface area is 202 Å². The largest absolute Gasteiger partial charge is 0.371 e. The maximum Gasteiger partial charge on any atom is 0.227 e. The van der Waals surface area contributed by atoms with Gasteiger partial charge in [0.05, 0.1) is 0 Å². The van der Waals surface area contributed by atoms with Gasteiger partial charge < -0.3 is 20.4 Å². The van der Waals surface area contributed by atoms with Crippen LogP contribution in [0.15, 0.2) is 59.6 Å². The number of guanidine groups is 1. The zero-order chi connectivity index (χ0) is 20.8. The Morgan fingerprint density at radius 2 is 1.81 bits per heavy atom. The molecule has 2 aromatic carbocycles. The summed E-state index contributed by atoms with van der Waals surface area (Å²) in [6.07, 6.45) is 2.80. The maximum atomic E-state index is 11.9. The third-order valence-electron chi connectivity index (χ3n) is 5.97. The van der Waals surface area contributed by atoms with Crippen LogP contribution < -0.4 is 20.4 Å². The van der Waals surface area contributed by atoms with Crippen molar-refractivity contribution >= 4 is 47.2 Å². The van der Waals surface area contributed by atoms with Gasteiger partial charge in [-0.25, -0.2) is 0 Å². The number of nitrogens with one attached hydrogen (secondary N) is 2. The van der Waals surface area contributed by atoms with Crippen LogP contribution in [0.25, 0.3) is 0 Å².